The van der Waals surface area contributed by atoms with Gasteiger partial charge in [-0.3, -0.25) is 4.79 Å². The van der Waals surface area contributed by atoms with Crippen molar-refractivity contribution in [2.45, 2.75) is 52.6 Å². The molecule has 1 unspecified atom stereocenters. The standard InChI is InChI=1S/C16H23N3O/c1-10(2)13-5-6-15-14(9-13)18-16(12(4)17)19(15)8-7-11(3)20/h5-6,9-10,12H,7-8,17H2,1-4H3. The molecular formula is C16H23N3O. The van der Waals surface area contributed by atoms with Gasteiger partial charge in [0.2, 0.25) is 0 Å². The van der Waals surface area contributed by atoms with Crippen LogP contribution in [0.4, 0.5) is 0 Å². The highest BCUT2D eigenvalue weighted by Gasteiger charge is 2.15. The van der Waals surface area contributed by atoms with Crippen molar-refractivity contribution in [2.24, 2.45) is 5.73 Å². The molecule has 0 aliphatic heterocycles. The Morgan fingerprint density at radius 2 is 2.05 bits per heavy atom. The molecule has 0 fully saturated rings. The van der Waals surface area contributed by atoms with Crippen LogP contribution in [0.15, 0.2) is 18.2 Å². The molecule has 0 aliphatic carbocycles. The van der Waals surface area contributed by atoms with E-state index in [2.05, 4.69) is 41.6 Å². The molecule has 1 heterocycles. The molecule has 20 heavy (non-hydrogen) atoms. The first-order chi connectivity index (χ1) is 9.40. The van der Waals surface area contributed by atoms with Gasteiger partial charge < -0.3 is 10.3 Å². The number of benzene rings is 1. The molecule has 0 radical (unpaired) electrons. The Hall–Kier alpha value is -1.68. The zero-order chi connectivity index (χ0) is 14.9. The predicted molar refractivity (Wildman–Crippen MR) is 81.7 cm³/mol. The van der Waals surface area contributed by atoms with Gasteiger partial charge in [-0.25, -0.2) is 4.98 Å². The van der Waals surface area contributed by atoms with E-state index in [1.54, 1.807) is 6.92 Å². The summed E-state index contributed by atoms with van der Waals surface area (Å²) in [5, 5.41) is 0. The van der Waals surface area contributed by atoms with Gasteiger partial charge in [-0.2, -0.15) is 0 Å². The van der Waals surface area contributed by atoms with Crippen LogP contribution in [0.3, 0.4) is 0 Å². The summed E-state index contributed by atoms with van der Waals surface area (Å²) in [4.78, 5) is 15.9. The van der Waals surface area contributed by atoms with Crippen molar-refractivity contribution in [2.75, 3.05) is 0 Å². The van der Waals surface area contributed by atoms with Crippen molar-refractivity contribution >= 4 is 16.8 Å². The van der Waals surface area contributed by atoms with E-state index in [0.717, 1.165) is 16.9 Å². The highest BCUT2D eigenvalue weighted by Crippen LogP contribution is 2.24. The smallest absolute Gasteiger partial charge is 0.131 e. The van der Waals surface area contributed by atoms with Crippen LogP contribution >= 0.6 is 0 Å². The number of ketones is 1. The Labute approximate surface area is 120 Å². The Morgan fingerprint density at radius 3 is 2.60 bits per heavy atom. The number of carbonyl (C=O) groups is 1. The van der Waals surface area contributed by atoms with Gasteiger partial charge in [-0.05, 0) is 37.5 Å². The second-order valence-corrected chi connectivity index (χ2v) is 5.77. The average molecular weight is 273 g/mol. The molecule has 0 saturated carbocycles. The maximum Gasteiger partial charge on any atom is 0.131 e. The van der Waals surface area contributed by atoms with Crippen LogP contribution in [-0.4, -0.2) is 15.3 Å². The summed E-state index contributed by atoms with van der Waals surface area (Å²) in [6, 6.07) is 6.20. The Kier molecular flexibility index (Phi) is 4.23. The lowest BCUT2D eigenvalue weighted by atomic mass is 10.0. The first kappa shape index (κ1) is 14.7. The third-order valence-corrected chi connectivity index (χ3v) is 3.56. The Balaban J connectivity index is 2.51. The molecule has 0 bridgehead atoms. The molecule has 4 nitrogen and oxygen atoms in total. The summed E-state index contributed by atoms with van der Waals surface area (Å²) in [6.45, 7) is 8.51. The number of Topliss-reactive ketones (excluding diaryl/α,β-unsaturated/α-hetero) is 1. The normalized spacial score (nSPS) is 13.1. The molecule has 1 aromatic heterocycles. The summed E-state index contributed by atoms with van der Waals surface area (Å²) >= 11 is 0. The largest absolute Gasteiger partial charge is 0.326 e. The lowest BCUT2D eigenvalue weighted by Gasteiger charge is -2.10. The van der Waals surface area contributed by atoms with E-state index in [1.165, 1.54) is 5.56 Å². The third kappa shape index (κ3) is 2.90. The lowest BCUT2D eigenvalue weighted by molar-refractivity contribution is -0.117. The summed E-state index contributed by atoms with van der Waals surface area (Å²) in [7, 11) is 0. The zero-order valence-corrected chi connectivity index (χ0v) is 12.7. The minimum absolute atomic E-state index is 0.142. The number of fused-ring (bicyclic) bond motifs is 1. The molecule has 2 rings (SSSR count). The number of rotatable bonds is 5. The average Bonchev–Trinajstić information content (AvgIpc) is 2.73. The van der Waals surface area contributed by atoms with E-state index in [0.29, 0.717) is 18.9 Å². The molecule has 2 N–H and O–H groups in total. The van der Waals surface area contributed by atoms with Crippen LogP contribution in [0.2, 0.25) is 0 Å². The van der Waals surface area contributed by atoms with Crippen molar-refractivity contribution in [3.8, 4) is 0 Å². The van der Waals surface area contributed by atoms with E-state index in [1.807, 2.05) is 6.92 Å². The van der Waals surface area contributed by atoms with Crippen LogP contribution in [0, 0.1) is 0 Å². The minimum Gasteiger partial charge on any atom is -0.326 e. The van der Waals surface area contributed by atoms with E-state index >= 15 is 0 Å². The highest BCUT2D eigenvalue weighted by molar-refractivity contribution is 5.78. The maximum absolute atomic E-state index is 11.2. The lowest BCUT2D eigenvalue weighted by Crippen LogP contribution is -2.14. The molecular weight excluding hydrogens is 250 g/mol. The van der Waals surface area contributed by atoms with Gasteiger partial charge in [-0.15, -0.1) is 0 Å². The first-order valence-corrected chi connectivity index (χ1v) is 7.15. The van der Waals surface area contributed by atoms with Crippen LogP contribution in [0.1, 0.15) is 57.5 Å². The topological polar surface area (TPSA) is 60.9 Å². The molecule has 2 aromatic rings. The number of aromatic nitrogens is 2. The number of imidazole rings is 1. The number of nitrogens with zero attached hydrogens (tertiary/aromatic N) is 2. The fourth-order valence-corrected chi connectivity index (χ4v) is 2.38. The van der Waals surface area contributed by atoms with Crippen molar-refractivity contribution in [3.63, 3.8) is 0 Å². The van der Waals surface area contributed by atoms with E-state index < -0.39 is 0 Å². The summed E-state index contributed by atoms with van der Waals surface area (Å²) < 4.78 is 2.07. The van der Waals surface area contributed by atoms with Crippen LogP contribution < -0.4 is 5.73 Å². The van der Waals surface area contributed by atoms with Crippen LogP contribution in [-0.2, 0) is 11.3 Å². The number of carbonyl (C=O) groups excluding carboxylic acids is 1. The summed E-state index contributed by atoms with van der Waals surface area (Å²) in [5.41, 5.74) is 9.31. The predicted octanol–water partition coefficient (Wildman–Crippen LogP) is 3.16. The molecule has 4 heteroatoms. The van der Waals surface area contributed by atoms with Gasteiger partial charge in [-0.1, -0.05) is 19.9 Å². The van der Waals surface area contributed by atoms with Gasteiger partial charge >= 0.3 is 0 Å². The van der Waals surface area contributed by atoms with E-state index in [4.69, 9.17) is 5.73 Å². The van der Waals surface area contributed by atoms with Crippen molar-refractivity contribution < 1.29 is 4.79 Å². The van der Waals surface area contributed by atoms with E-state index in [-0.39, 0.29) is 11.8 Å². The van der Waals surface area contributed by atoms with Crippen LogP contribution in [0.5, 0.6) is 0 Å². The monoisotopic (exact) mass is 273 g/mol. The number of hydrogen-bond acceptors (Lipinski definition) is 3. The number of hydrogen-bond donors (Lipinski definition) is 1. The van der Waals surface area contributed by atoms with Gasteiger partial charge in [0.05, 0.1) is 17.1 Å². The maximum atomic E-state index is 11.2. The van der Waals surface area contributed by atoms with Crippen molar-refractivity contribution in [1.82, 2.24) is 9.55 Å². The van der Waals surface area contributed by atoms with Gasteiger partial charge in [0, 0.05) is 13.0 Å². The summed E-state index contributed by atoms with van der Waals surface area (Å²) in [5.74, 6) is 1.50. The zero-order valence-electron chi connectivity index (χ0n) is 12.7. The van der Waals surface area contributed by atoms with Gasteiger partial charge in [0.25, 0.3) is 0 Å². The van der Waals surface area contributed by atoms with Crippen molar-refractivity contribution in [3.05, 3.63) is 29.6 Å². The van der Waals surface area contributed by atoms with Gasteiger partial charge in [0.15, 0.2) is 0 Å². The van der Waals surface area contributed by atoms with E-state index in [9.17, 15) is 4.79 Å². The quantitative estimate of drug-likeness (QED) is 0.910. The van der Waals surface area contributed by atoms with Crippen molar-refractivity contribution in [1.29, 1.82) is 0 Å². The molecule has 1 atom stereocenters. The number of nitrogens with two attached hydrogens (primary N) is 1. The molecule has 0 aliphatic rings. The molecule has 108 valence electrons. The fraction of sp³-hybridized carbons (Fsp3) is 0.500. The SMILES string of the molecule is CC(=O)CCn1c(C(C)N)nc2cc(C(C)C)ccc21. The second-order valence-electron chi connectivity index (χ2n) is 5.77. The fourth-order valence-electron chi connectivity index (χ4n) is 2.38. The molecule has 0 amide bonds. The number of aryl methyl sites for hydroxylation is 1. The Morgan fingerprint density at radius 1 is 1.35 bits per heavy atom. The first-order valence-electron chi connectivity index (χ1n) is 7.15. The highest BCUT2D eigenvalue weighted by atomic mass is 16.1. The molecule has 0 spiro atoms. The second kappa shape index (κ2) is 5.75. The molecule has 1 aromatic carbocycles. The molecule has 0 saturated heterocycles. The summed E-state index contributed by atoms with van der Waals surface area (Å²) in [6.07, 6.45) is 0.511. The van der Waals surface area contributed by atoms with Crippen LogP contribution in [0.25, 0.3) is 11.0 Å². The minimum atomic E-state index is -0.142. The van der Waals surface area contributed by atoms with Gasteiger partial charge in [0.1, 0.15) is 11.6 Å². The third-order valence-electron chi connectivity index (χ3n) is 3.56. The Bertz CT molecular complexity index is 626.